The third-order valence-electron chi connectivity index (χ3n) is 3.47. The monoisotopic (exact) mass is 278 g/mol. The van der Waals surface area contributed by atoms with Gasteiger partial charge in [-0.1, -0.05) is 42.5 Å². The van der Waals surface area contributed by atoms with Crippen LogP contribution in [0.5, 0.6) is 5.75 Å². The van der Waals surface area contributed by atoms with Crippen LogP contribution in [0.3, 0.4) is 0 Å². The summed E-state index contributed by atoms with van der Waals surface area (Å²) < 4.78 is 5.35. The zero-order chi connectivity index (χ0) is 14.5. The Balaban J connectivity index is 1.66. The molecule has 0 atom stereocenters. The minimum absolute atomic E-state index is 0.739. The molecule has 0 bridgehead atoms. The minimum Gasteiger partial charge on any atom is -0.496 e. The van der Waals surface area contributed by atoms with Gasteiger partial charge in [0, 0.05) is 24.0 Å². The van der Waals surface area contributed by atoms with E-state index in [4.69, 9.17) is 4.74 Å². The number of pyridine rings is 1. The van der Waals surface area contributed by atoms with Crippen LogP contribution in [-0.4, -0.2) is 12.1 Å². The van der Waals surface area contributed by atoms with Crippen molar-refractivity contribution >= 4 is 10.9 Å². The standard InChI is InChI=1S/C18H18N2O/c1-21-18-9-5-3-7-15(18)12-19-13-16-11-10-14-6-2-4-8-17(14)20-16/h2-11,19H,12-13H2,1H3. The van der Waals surface area contributed by atoms with Crippen molar-refractivity contribution in [2.24, 2.45) is 0 Å². The van der Waals surface area contributed by atoms with Gasteiger partial charge in [-0.15, -0.1) is 0 Å². The number of nitrogens with zero attached hydrogens (tertiary/aromatic N) is 1. The predicted molar refractivity (Wildman–Crippen MR) is 85.3 cm³/mol. The van der Waals surface area contributed by atoms with Gasteiger partial charge in [-0.3, -0.25) is 4.98 Å². The van der Waals surface area contributed by atoms with E-state index in [0.717, 1.165) is 35.6 Å². The highest BCUT2D eigenvalue weighted by Crippen LogP contribution is 2.17. The average Bonchev–Trinajstić information content (AvgIpc) is 2.55. The van der Waals surface area contributed by atoms with E-state index in [-0.39, 0.29) is 0 Å². The zero-order valence-corrected chi connectivity index (χ0v) is 12.0. The summed E-state index contributed by atoms with van der Waals surface area (Å²) in [5.74, 6) is 0.913. The minimum atomic E-state index is 0.739. The Bertz CT molecular complexity index is 740. The normalized spacial score (nSPS) is 10.7. The molecular formula is C18H18N2O. The lowest BCUT2D eigenvalue weighted by Gasteiger charge is -2.09. The van der Waals surface area contributed by atoms with E-state index in [2.05, 4.69) is 34.6 Å². The first kappa shape index (κ1) is 13.6. The van der Waals surface area contributed by atoms with Gasteiger partial charge in [0.1, 0.15) is 5.75 Å². The summed E-state index contributed by atoms with van der Waals surface area (Å²) in [6.45, 7) is 1.50. The third-order valence-corrected chi connectivity index (χ3v) is 3.47. The second-order valence-corrected chi connectivity index (χ2v) is 4.91. The molecule has 1 aromatic heterocycles. The highest BCUT2D eigenvalue weighted by Gasteiger charge is 2.02. The Morgan fingerprint density at radius 2 is 1.71 bits per heavy atom. The topological polar surface area (TPSA) is 34.1 Å². The van der Waals surface area contributed by atoms with Crippen molar-refractivity contribution in [1.82, 2.24) is 10.3 Å². The van der Waals surface area contributed by atoms with Crippen molar-refractivity contribution in [3.63, 3.8) is 0 Å². The largest absolute Gasteiger partial charge is 0.496 e. The highest BCUT2D eigenvalue weighted by atomic mass is 16.5. The van der Waals surface area contributed by atoms with Crippen molar-refractivity contribution in [1.29, 1.82) is 0 Å². The fraction of sp³-hybridized carbons (Fsp3) is 0.167. The van der Waals surface area contributed by atoms with Crippen LogP contribution in [0, 0.1) is 0 Å². The summed E-state index contributed by atoms with van der Waals surface area (Å²) in [5.41, 5.74) is 3.23. The first-order valence-electron chi connectivity index (χ1n) is 7.04. The van der Waals surface area contributed by atoms with Gasteiger partial charge < -0.3 is 10.1 Å². The van der Waals surface area contributed by atoms with Gasteiger partial charge in [-0.05, 0) is 18.2 Å². The van der Waals surface area contributed by atoms with E-state index >= 15 is 0 Å². The number of para-hydroxylation sites is 2. The SMILES string of the molecule is COc1ccccc1CNCc1ccc2ccccc2n1. The summed E-state index contributed by atoms with van der Waals surface area (Å²) in [4.78, 5) is 4.66. The van der Waals surface area contributed by atoms with Gasteiger partial charge in [0.2, 0.25) is 0 Å². The van der Waals surface area contributed by atoms with Crippen LogP contribution >= 0.6 is 0 Å². The first-order chi connectivity index (χ1) is 10.4. The van der Waals surface area contributed by atoms with Gasteiger partial charge in [0.15, 0.2) is 0 Å². The van der Waals surface area contributed by atoms with E-state index in [1.807, 2.05) is 36.4 Å². The van der Waals surface area contributed by atoms with Crippen molar-refractivity contribution < 1.29 is 4.74 Å². The van der Waals surface area contributed by atoms with Crippen LogP contribution in [0.25, 0.3) is 10.9 Å². The van der Waals surface area contributed by atoms with E-state index < -0.39 is 0 Å². The van der Waals surface area contributed by atoms with E-state index in [1.165, 1.54) is 5.39 Å². The Hall–Kier alpha value is -2.39. The van der Waals surface area contributed by atoms with Gasteiger partial charge in [-0.25, -0.2) is 0 Å². The van der Waals surface area contributed by atoms with Gasteiger partial charge >= 0.3 is 0 Å². The molecule has 0 amide bonds. The molecular weight excluding hydrogens is 260 g/mol. The Morgan fingerprint density at radius 1 is 0.905 bits per heavy atom. The Labute approximate surface area is 124 Å². The van der Waals surface area contributed by atoms with Gasteiger partial charge in [0.05, 0.1) is 18.3 Å². The lowest BCUT2D eigenvalue weighted by atomic mass is 10.2. The summed E-state index contributed by atoms with van der Waals surface area (Å²) in [6.07, 6.45) is 0. The molecule has 21 heavy (non-hydrogen) atoms. The number of rotatable bonds is 5. The second-order valence-electron chi connectivity index (χ2n) is 4.91. The quantitative estimate of drug-likeness (QED) is 0.775. The van der Waals surface area contributed by atoms with Crippen LogP contribution in [0.15, 0.2) is 60.7 Å². The number of ether oxygens (including phenoxy) is 1. The molecule has 3 heteroatoms. The van der Waals surface area contributed by atoms with Gasteiger partial charge in [0.25, 0.3) is 0 Å². The maximum absolute atomic E-state index is 5.35. The number of hydrogen-bond acceptors (Lipinski definition) is 3. The maximum atomic E-state index is 5.35. The molecule has 0 saturated carbocycles. The average molecular weight is 278 g/mol. The van der Waals surface area contributed by atoms with Crippen LogP contribution < -0.4 is 10.1 Å². The Kier molecular flexibility index (Phi) is 4.12. The summed E-state index contributed by atoms with van der Waals surface area (Å²) >= 11 is 0. The molecule has 2 aromatic carbocycles. The maximum Gasteiger partial charge on any atom is 0.123 e. The molecule has 1 N–H and O–H groups in total. The molecule has 3 rings (SSSR count). The summed E-state index contributed by atoms with van der Waals surface area (Å²) in [7, 11) is 1.70. The number of fused-ring (bicyclic) bond motifs is 1. The predicted octanol–water partition coefficient (Wildman–Crippen LogP) is 3.53. The summed E-state index contributed by atoms with van der Waals surface area (Å²) in [5, 5.41) is 4.59. The molecule has 1 heterocycles. The van der Waals surface area contributed by atoms with Crippen molar-refractivity contribution in [3.8, 4) is 5.75 Å². The lowest BCUT2D eigenvalue weighted by molar-refractivity contribution is 0.407. The first-order valence-corrected chi connectivity index (χ1v) is 7.04. The smallest absolute Gasteiger partial charge is 0.123 e. The number of aromatic nitrogens is 1. The van der Waals surface area contributed by atoms with E-state index in [9.17, 15) is 0 Å². The molecule has 106 valence electrons. The molecule has 3 aromatic rings. The van der Waals surface area contributed by atoms with Crippen molar-refractivity contribution in [2.45, 2.75) is 13.1 Å². The van der Waals surface area contributed by atoms with Crippen LogP contribution in [0.1, 0.15) is 11.3 Å². The van der Waals surface area contributed by atoms with Crippen molar-refractivity contribution in [3.05, 3.63) is 71.9 Å². The molecule has 0 unspecified atom stereocenters. The van der Waals surface area contributed by atoms with Crippen LogP contribution in [0.2, 0.25) is 0 Å². The lowest BCUT2D eigenvalue weighted by Crippen LogP contribution is -2.14. The molecule has 0 radical (unpaired) electrons. The second kappa shape index (κ2) is 6.37. The number of methoxy groups -OCH3 is 1. The molecule has 0 aliphatic rings. The number of benzene rings is 2. The fourth-order valence-corrected chi connectivity index (χ4v) is 2.38. The molecule has 0 spiro atoms. The van der Waals surface area contributed by atoms with Crippen molar-refractivity contribution in [2.75, 3.05) is 7.11 Å². The zero-order valence-electron chi connectivity index (χ0n) is 12.0. The highest BCUT2D eigenvalue weighted by molar-refractivity contribution is 5.78. The van der Waals surface area contributed by atoms with Crippen LogP contribution in [-0.2, 0) is 13.1 Å². The number of nitrogens with one attached hydrogen (secondary N) is 1. The Morgan fingerprint density at radius 3 is 2.62 bits per heavy atom. The molecule has 0 fully saturated rings. The fourth-order valence-electron chi connectivity index (χ4n) is 2.38. The number of hydrogen-bond donors (Lipinski definition) is 1. The van der Waals surface area contributed by atoms with Gasteiger partial charge in [-0.2, -0.15) is 0 Å². The van der Waals surface area contributed by atoms with Crippen LogP contribution in [0.4, 0.5) is 0 Å². The van der Waals surface area contributed by atoms with E-state index in [0.29, 0.717) is 0 Å². The molecule has 0 aliphatic heterocycles. The summed E-state index contributed by atoms with van der Waals surface area (Å²) in [6, 6.07) is 20.4. The van der Waals surface area contributed by atoms with E-state index in [1.54, 1.807) is 7.11 Å². The molecule has 3 nitrogen and oxygen atoms in total. The third kappa shape index (κ3) is 3.20. The molecule has 0 aliphatic carbocycles. The molecule has 0 saturated heterocycles.